The lowest BCUT2D eigenvalue weighted by molar-refractivity contribution is 0.102. The van der Waals surface area contributed by atoms with Gasteiger partial charge < -0.3 is 19.7 Å². The van der Waals surface area contributed by atoms with Crippen LogP contribution in [0.4, 0.5) is 11.6 Å². The van der Waals surface area contributed by atoms with Crippen LogP contribution < -0.4 is 15.0 Å². The number of carbonyl (C=O) groups excluding carboxylic acids is 1. The van der Waals surface area contributed by atoms with Crippen LogP contribution in [-0.2, 0) is 11.8 Å². The predicted octanol–water partition coefficient (Wildman–Crippen LogP) is 2.94. The van der Waals surface area contributed by atoms with E-state index in [1.54, 1.807) is 43.2 Å². The van der Waals surface area contributed by atoms with E-state index in [1.165, 1.54) is 0 Å². The average molecular weight is 381 g/mol. The van der Waals surface area contributed by atoms with Crippen LogP contribution in [0.5, 0.6) is 11.6 Å². The zero-order chi connectivity index (χ0) is 19.9. The van der Waals surface area contributed by atoms with Crippen molar-refractivity contribution in [2.45, 2.75) is 0 Å². The van der Waals surface area contributed by atoms with Crippen molar-refractivity contribution in [3.63, 3.8) is 0 Å². The van der Waals surface area contributed by atoms with Crippen LogP contribution in [0.15, 0.2) is 54.7 Å². The third-order valence-corrected chi connectivity index (χ3v) is 3.99. The van der Waals surface area contributed by atoms with Crippen LogP contribution in [0.25, 0.3) is 0 Å². The molecule has 0 aliphatic carbocycles. The normalized spacial score (nSPS) is 10.5. The number of likely N-dealkylation sites (N-methyl/N-ethyl adjacent to an activating group) is 1. The Morgan fingerprint density at radius 1 is 1.21 bits per heavy atom. The van der Waals surface area contributed by atoms with Crippen molar-refractivity contribution in [1.29, 1.82) is 0 Å². The Labute approximate surface area is 163 Å². The lowest BCUT2D eigenvalue weighted by Crippen LogP contribution is -2.24. The van der Waals surface area contributed by atoms with Crippen molar-refractivity contribution in [2.24, 2.45) is 7.05 Å². The van der Waals surface area contributed by atoms with Crippen molar-refractivity contribution in [2.75, 3.05) is 37.5 Å². The van der Waals surface area contributed by atoms with E-state index in [-0.39, 0.29) is 5.91 Å². The molecule has 1 amide bonds. The Morgan fingerprint density at radius 2 is 2.00 bits per heavy atom. The maximum atomic E-state index is 12.7. The highest BCUT2D eigenvalue weighted by molar-refractivity contribution is 6.04. The number of hydrogen-bond donors (Lipinski definition) is 1. The molecule has 8 nitrogen and oxygen atoms in total. The van der Waals surface area contributed by atoms with Gasteiger partial charge in [-0.05, 0) is 18.2 Å². The molecule has 0 aliphatic rings. The zero-order valence-corrected chi connectivity index (χ0v) is 16.1. The van der Waals surface area contributed by atoms with Crippen LogP contribution in [0, 0.1) is 0 Å². The number of nitrogens with zero attached hydrogens (tertiary/aromatic N) is 4. The summed E-state index contributed by atoms with van der Waals surface area (Å²) in [5, 5.41) is 6.96. The van der Waals surface area contributed by atoms with E-state index in [2.05, 4.69) is 15.4 Å². The Hall–Kier alpha value is -3.39. The molecule has 0 aliphatic heterocycles. The number of hydrogen-bond acceptors (Lipinski definition) is 6. The number of rotatable bonds is 8. The molecule has 146 valence electrons. The molecule has 0 atom stereocenters. The minimum Gasteiger partial charge on any atom is -0.439 e. The number of methoxy groups -OCH3 is 1. The molecule has 0 saturated heterocycles. The summed E-state index contributed by atoms with van der Waals surface area (Å²) >= 11 is 0. The summed E-state index contributed by atoms with van der Waals surface area (Å²) in [5.74, 6) is 1.77. The number of benzene rings is 1. The highest BCUT2D eigenvalue weighted by Gasteiger charge is 2.15. The van der Waals surface area contributed by atoms with Crippen LogP contribution in [0.3, 0.4) is 0 Å². The van der Waals surface area contributed by atoms with Gasteiger partial charge in [0.2, 0.25) is 5.88 Å². The minimum absolute atomic E-state index is 0.291. The lowest BCUT2D eigenvalue weighted by Gasteiger charge is -2.19. The second kappa shape index (κ2) is 9.01. The SMILES string of the molecule is COCCN(C)c1cc(C(=O)Nc2ccn(C)n2)cc(Oc2ccccc2)n1. The van der Waals surface area contributed by atoms with E-state index in [0.29, 0.717) is 42.0 Å². The molecule has 0 radical (unpaired) electrons. The van der Waals surface area contributed by atoms with Crippen LogP contribution in [0.1, 0.15) is 10.4 Å². The highest BCUT2D eigenvalue weighted by Crippen LogP contribution is 2.24. The number of carbonyl (C=O) groups is 1. The summed E-state index contributed by atoms with van der Waals surface area (Å²) in [4.78, 5) is 19.2. The molecule has 1 aromatic carbocycles. The Kier molecular flexibility index (Phi) is 6.23. The zero-order valence-electron chi connectivity index (χ0n) is 16.1. The average Bonchev–Trinajstić information content (AvgIpc) is 3.11. The maximum absolute atomic E-state index is 12.7. The van der Waals surface area contributed by atoms with Crippen LogP contribution in [0.2, 0.25) is 0 Å². The predicted molar refractivity (Wildman–Crippen MR) is 107 cm³/mol. The maximum Gasteiger partial charge on any atom is 0.257 e. The van der Waals surface area contributed by atoms with Gasteiger partial charge >= 0.3 is 0 Å². The molecular formula is C20H23N5O3. The fraction of sp³-hybridized carbons (Fsp3) is 0.250. The molecule has 3 rings (SSSR count). The molecule has 2 heterocycles. The van der Waals surface area contributed by atoms with Gasteiger partial charge in [-0.25, -0.2) is 0 Å². The largest absolute Gasteiger partial charge is 0.439 e. The first kappa shape index (κ1) is 19.4. The van der Waals surface area contributed by atoms with E-state index >= 15 is 0 Å². The summed E-state index contributed by atoms with van der Waals surface area (Å²) in [6, 6.07) is 14.4. The summed E-state index contributed by atoms with van der Waals surface area (Å²) in [5.41, 5.74) is 0.422. The first-order valence-electron chi connectivity index (χ1n) is 8.81. The number of para-hydroxylation sites is 1. The number of amides is 1. The van der Waals surface area contributed by atoms with Gasteiger partial charge in [0.15, 0.2) is 5.82 Å². The molecule has 8 heteroatoms. The second-order valence-corrected chi connectivity index (χ2v) is 6.21. The summed E-state index contributed by atoms with van der Waals surface area (Å²) in [6.07, 6.45) is 1.76. The van der Waals surface area contributed by atoms with Gasteiger partial charge in [0.05, 0.1) is 6.61 Å². The third-order valence-electron chi connectivity index (χ3n) is 3.99. The number of aromatic nitrogens is 3. The molecule has 0 fully saturated rings. The van der Waals surface area contributed by atoms with E-state index in [4.69, 9.17) is 9.47 Å². The van der Waals surface area contributed by atoms with E-state index < -0.39 is 0 Å². The standard InChI is InChI=1S/C20H23N5O3/c1-24(11-12-27-3)18-13-15(20(26)21-17-9-10-25(2)23-17)14-19(22-18)28-16-7-5-4-6-8-16/h4-10,13-14H,11-12H2,1-3H3,(H,21,23,26). The molecule has 3 aromatic rings. The first-order chi connectivity index (χ1) is 13.5. The topological polar surface area (TPSA) is 81.5 Å². The van der Waals surface area contributed by atoms with Gasteiger partial charge in [-0.1, -0.05) is 18.2 Å². The minimum atomic E-state index is -0.291. The van der Waals surface area contributed by atoms with Crippen molar-refractivity contribution in [3.05, 3.63) is 60.3 Å². The third kappa shape index (κ3) is 5.08. The van der Waals surface area contributed by atoms with Gasteiger partial charge in [-0.2, -0.15) is 10.1 Å². The van der Waals surface area contributed by atoms with E-state index in [0.717, 1.165) is 0 Å². The van der Waals surface area contributed by atoms with E-state index in [1.807, 2.05) is 42.3 Å². The van der Waals surface area contributed by atoms with Crippen LogP contribution in [-0.4, -0.2) is 48.0 Å². The van der Waals surface area contributed by atoms with Crippen molar-refractivity contribution in [1.82, 2.24) is 14.8 Å². The quantitative estimate of drug-likeness (QED) is 0.646. The number of nitrogens with one attached hydrogen (secondary N) is 1. The summed E-state index contributed by atoms with van der Waals surface area (Å²) in [7, 11) is 5.31. The van der Waals surface area contributed by atoms with Gasteiger partial charge in [-0.15, -0.1) is 0 Å². The molecule has 0 saturated carbocycles. The number of aryl methyl sites for hydroxylation is 1. The Morgan fingerprint density at radius 3 is 2.68 bits per heavy atom. The monoisotopic (exact) mass is 381 g/mol. The molecule has 2 aromatic heterocycles. The summed E-state index contributed by atoms with van der Waals surface area (Å²) < 4.78 is 12.6. The first-order valence-corrected chi connectivity index (χ1v) is 8.81. The smallest absolute Gasteiger partial charge is 0.257 e. The van der Waals surface area contributed by atoms with Crippen LogP contribution >= 0.6 is 0 Å². The fourth-order valence-electron chi connectivity index (χ4n) is 2.49. The molecule has 28 heavy (non-hydrogen) atoms. The van der Waals surface area contributed by atoms with Gasteiger partial charge in [0.25, 0.3) is 5.91 Å². The van der Waals surface area contributed by atoms with Crippen molar-refractivity contribution in [3.8, 4) is 11.6 Å². The second-order valence-electron chi connectivity index (χ2n) is 6.21. The Balaban J connectivity index is 1.88. The van der Waals surface area contributed by atoms with Crippen molar-refractivity contribution >= 4 is 17.5 Å². The number of anilines is 2. The number of pyridine rings is 1. The molecule has 0 bridgehead atoms. The van der Waals surface area contributed by atoms with E-state index in [9.17, 15) is 4.79 Å². The van der Waals surface area contributed by atoms with Gasteiger partial charge in [-0.3, -0.25) is 9.48 Å². The molecular weight excluding hydrogens is 358 g/mol. The number of ether oxygens (including phenoxy) is 2. The highest BCUT2D eigenvalue weighted by atomic mass is 16.5. The van der Waals surface area contributed by atoms with Gasteiger partial charge in [0.1, 0.15) is 11.6 Å². The molecule has 1 N–H and O–H groups in total. The Bertz CT molecular complexity index is 927. The molecule has 0 spiro atoms. The van der Waals surface area contributed by atoms with Gasteiger partial charge in [0, 0.05) is 51.6 Å². The summed E-state index contributed by atoms with van der Waals surface area (Å²) in [6.45, 7) is 1.16. The molecule has 0 unspecified atom stereocenters. The fourth-order valence-corrected chi connectivity index (χ4v) is 2.49. The van der Waals surface area contributed by atoms with Crippen molar-refractivity contribution < 1.29 is 14.3 Å². The lowest BCUT2D eigenvalue weighted by atomic mass is 10.2.